The fraction of sp³-hybridized carbons (Fsp3) is 0.435. The maximum Gasteiger partial charge on any atom is 0.416 e. The molecule has 1 saturated carbocycles. The minimum atomic E-state index is -4.45. The summed E-state index contributed by atoms with van der Waals surface area (Å²) < 4.78 is 40.1. The Balaban J connectivity index is 1.55. The summed E-state index contributed by atoms with van der Waals surface area (Å²) in [6.07, 6.45) is 0.887. The Morgan fingerprint density at radius 1 is 1.15 bits per heavy atom. The molecule has 0 spiro atoms. The summed E-state index contributed by atoms with van der Waals surface area (Å²) in [5.74, 6) is 0.497. The van der Waals surface area contributed by atoms with E-state index in [1.54, 1.807) is 18.3 Å². The normalized spacial score (nSPS) is 18.3. The van der Waals surface area contributed by atoms with E-state index in [0.29, 0.717) is 58.1 Å². The van der Waals surface area contributed by atoms with E-state index < -0.39 is 17.3 Å². The molecule has 1 aromatic carbocycles. The average Bonchev–Trinajstić information content (AvgIpc) is 3.50. The summed E-state index contributed by atoms with van der Waals surface area (Å²) in [6.45, 7) is 1.44. The molecule has 0 atom stereocenters. The van der Waals surface area contributed by atoms with Gasteiger partial charge in [-0.1, -0.05) is 12.1 Å². The van der Waals surface area contributed by atoms with Crippen LogP contribution in [0.3, 0.4) is 0 Å². The largest absolute Gasteiger partial charge is 0.416 e. The van der Waals surface area contributed by atoms with Gasteiger partial charge in [-0.25, -0.2) is 15.0 Å². The number of halogens is 3. The second kappa shape index (κ2) is 8.66. The molecule has 2 aromatic heterocycles. The minimum Gasteiger partial charge on any atom is -0.389 e. The highest BCUT2D eigenvalue weighted by Gasteiger charge is 2.33. The third-order valence-electron chi connectivity index (χ3n) is 5.95. The first-order valence-electron chi connectivity index (χ1n) is 11.0. The first-order chi connectivity index (χ1) is 15.8. The van der Waals surface area contributed by atoms with Gasteiger partial charge in [-0.2, -0.15) is 13.2 Å². The van der Waals surface area contributed by atoms with E-state index in [-0.39, 0.29) is 0 Å². The van der Waals surface area contributed by atoms with Crippen molar-refractivity contribution in [2.45, 2.75) is 49.9 Å². The number of hydrogen-bond acceptors (Lipinski definition) is 7. The molecule has 2 aliphatic rings. The highest BCUT2D eigenvalue weighted by atomic mass is 32.1. The summed E-state index contributed by atoms with van der Waals surface area (Å²) in [5, 5.41) is 18.2. The molecule has 2 fully saturated rings. The van der Waals surface area contributed by atoms with E-state index in [0.717, 1.165) is 38.1 Å². The number of piperidine rings is 1. The third-order valence-corrected chi connectivity index (χ3v) is 7.03. The van der Waals surface area contributed by atoms with Gasteiger partial charge in [0.05, 0.1) is 32.4 Å². The maximum absolute atomic E-state index is 13.4. The molecule has 3 N–H and O–H groups in total. The molecule has 1 aliphatic carbocycles. The number of hydrogen-bond donors (Lipinski definition) is 3. The topological polar surface area (TPSA) is 83.0 Å². The molecule has 6 nitrogen and oxygen atoms in total. The number of nitrogens with zero attached hydrogens (tertiary/aromatic N) is 3. The molecule has 0 unspecified atom stereocenters. The smallest absolute Gasteiger partial charge is 0.389 e. The zero-order valence-corrected chi connectivity index (χ0v) is 18.6. The van der Waals surface area contributed by atoms with Gasteiger partial charge in [-0.15, -0.1) is 11.3 Å². The van der Waals surface area contributed by atoms with Crippen LogP contribution in [0.4, 0.5) is 19.1 Å². The molecule has 0 bridgehead atoms. The van der Waals surface area contributed by atoms with Crippen LogP contribution in [0.25, 0.3) is 21.8 Å². The number of benzene rings is 1. The Kier molecular flexibility index (Phi) is 5.84. The molecular formula is C23H24F3N5OS. The number of aliphatic hydroxyl groups is 1. The van der Waals surface area contributed by atoms with Crippen molar-refractivity contribution in [3.05, 3.63) is 47.1 Å². The van der Waals surface area contributed by atoms with Crippen LogP contribution in [0.5, 0.6) is 0 Å². The lowest BCUT2D eigenvalue weighted by Gasteiger charge is -2.31. The number of thiazole rings is 1. The van der Waals surface area contributed by atoms with Crippen LogP contribution in [0.2, 0.25) is 0 Å². The lowest BCUT2D eigenvalue weighted by Crippen LogP contribution is -2.43. The number of aromatic nitrogens is 3. The van der Waals surface area contributed by atoms with Crippen molar-refractivity contribution in [3.8, 4) is 21.8 Å². The summed E-state index contributed by atoms with van der Waals surface area (Å²) in [6, 6.07) is 7.30. The molecule has 33 heavy (non-hydrogen) atoms. The van der Waals surface area contributed by atoms with Crippen LogP contribution in [0.15, 0.2) is 36.5 Å². The zero-order chi connectivity index (χ0) is 23.1. The summed E-state index contributed by atoms with van der Waals surface area (Å²) in [7, 11) is 0. The predicted octanol–water partition coefficient (Wildman–Crippen LogP) is 4.52. The molecular weight excluding hydrogens is 451 g/mol. The molecule has 3 heterocycles. The highest BCUT2D eigenvalue weighted by Crippen LogP contribution is 2.40. The van der Waals surface area contributed by atoms with Crippen LogP contribution in [-0.4, -0.2) is 44.8 Å². The van der Waals surface area contributed by atoms with E-state index in [1.165, 1.54) is 17.4 Å². The van der Waals surface area contributed by atoms with Gasteiger partial charge in [0.15, 0.2) is 0 Å². The van der Waals surface area contributed by atoms with Gasteiger partial charge in [-0.3, -0.25) is 0 Å². The number of alkyl halides is 3. The Morgan fingerprint density at radius 2 is 1.94 bits per heavy atom. The van der Waals surface area contributed by atoms with Crippen molar-refractivity contribution in [3.63, 3.8) is 0 Å². The first kappa shape index (κ1) is 22.2. The van der Waals surface area contributed by atoms with Gasteiger partial charge in [0.25, 0.3) is 0 Å². The van der Waals surface area contributed by atoms with Crippen LogP contribution in [-0.2, 0) is 12.6 Å². The van der Waals surface area contributed by atoms with Crippen molar-refractivity contribution in [2.24, 2.45) is 0 Å². The van der Waals surface area contributed by atoms with Gasteiger partial charge in [0.1, 0.15) is 0 Å². The van der Waals surface area contributed by atoms with Crippen LogP contribution in [0, 0.1) is 0 Å². The van der Waals surface area contributed by atoms with Gasteiger partial charge < -0.3 is 15.7 Å². The molecule has 10 heteroatoms. The van der Waals surface area contributed by atoms with Crippen LogP contribution >= 0.6 is 11.3 Å². The standard InChI is InChI=1S/C23H24F3N5OS/c24-23(25,26)15-3-1-2-14(12-15)19-20(17-6-9-28-21(30-17)29-16-4-5-16)33-18(31-19)13-22(32)7-10-27-11-8-22/h1-3,6,9,12,16,27,32H,4-5,7-8,10-11,13H2,(H,28,29,30). The molecule has 174 valence electrons. The number of anilines is 1. The second-order valence-corrected chi connectivity index (χ2v) is 9.78. The van der Waals surface area contributed by atoms with E-state index >= 15 is 0 Å². The van der Waals surface area contributed by atoms with Crippen molar-refractivity contribution in [1.82, 2.24) is 20.3 Å². The molecule has 1 saturated heterocycles. The van der Waals surface area contributed by atoms with Gasteiger partial charge in [0, 0.05) is 24.2 Å². The Morgan fingerprint density at radius 3 is 2.67 bits per heavy atom. The van der Waals surface area contributed by atoms with Gasteiger partial charge in [-0.05, 0) is 57.0 Å². The molecule has 1 aliphatic heterocycles. The van der Waals surface area contributed by atoms with Crippen molar-refractivity contribution >= 4 is 17.3 Å². The predicted molar refractivity (Wildman–Crippen MR) is 121 cm³/mol. The second-order valence-electron chi connectivity index (χ2n) is 8.70. The molecule has 0 radical (unpaired) electrons. The van der Waals surface area contributed by atoms with Crippen molar-refractivity contribution in [2.75, 3.05) is 18.4 Å². The summed E-state index contributed by atoms with van der Waals surface area (Å²) in [4.78, 5) is 14.3. The number of rotatable bonds is 6. The average molecular weight is 476 g/mol. The van der Waals surface area contributed by atoms with E-state index in [9.17, 15) is 18.3 Å². The van der Waals surface area contributed by atoms with Gasteiger partial charge >= 0.3 is 6.18 Å². The molecule has 0 amide bonds. The first-order valence-corrected chi connectivity index (χ1v) is 11.8. The number of nitrogens with one attached hydrogen (secondary N) is 2. The highest BCUT2D eigenvalue weighted by molar-refractivity contribution is 7.15. The van der Waals surface area contributed by atoms with E-state index in [4.69, 9.17) is 4.98 Å². The summed E-state index contributed by atoms with van der Waals surface area (Å²) >= 11 is 1.37. The Bertz CT molecular complexity index is 1140. The maximum atomic E-state index is 13.4. The van der Waals surface area contributed by atoms with Crippen LogP contribution < -0.4 is 10.6 Å². The SMILES string of the molecule is OC1(Cc2nc(-c3cccc(C(F)(F)F)c3)c(-c3ccnc(NC4CC4)n3)s2)CCNCC1. The molecule has 5 rings (SSSR count). The Hall–Kier alpha value is -2.56. The van der Waals surface area contributed by atoms with Gasteiger partial charge in [0.2, 0.25) is 5.95 Å². The van der Waals surface area contributed by atoms with E-state index in [2.05, 4.69) is 20.6 Å². The third kappa shape index (κ3) is 5.18. The lowest BCUT2D eigenvalue weighted by atomic mass is 9.89. The molecule has 3 aromatic rings. The van der Waals surface area contributed by atoms with E-state index in [1.807, 2.05) is 0 Å². The Labute approximate surface area is 193 Å². The van der Waals surface area contributed by atoms with Crippen molar-refractivity contribution in [1.29, 1.82) is 0 Å². The monoisotopic (exact) mass is 475 g/mol. The summed E-state index contributed by atoms with van der Waals surface area (Å²) in [5.41, 5.74) is -0.196. The van der Waals surface area contributed by atoms with Crippen molar-refractivity contribution < 1.29 is 18.3 Å². The fourth-order valence-corrected chi connectivity index (χ4v) is 5.16. The minimum absolute atomic E-state index is 0.351. The quantitative estimate of drug-likeness (QED) is 0.486. The van der Waals surface area contributed by atoms with Crippen LogP contribution in [0.1, 0.15) is 36.3 Å². The lowest BCUT2D eigenvalue weighted by molar-refractivity contribution is -0.137. The fourth-order valence-electron chi connectivity index (χ4n) is 3.97. The zero-order valence-electron chi connectivity index (χ0n) is 17.8.